The molecule has 17 heavy (non-hydrogen) atoms. The predicted molar refractivity (Wildman–Crippen MR) is 68.0 cm³/mol. The normalized spacial score (nSPS) is 28.4. The zero-order chi connectivity index (χ0) is 12.1. The number of morpholine rings is 1. The van der Waals surface area contributed by atoms with Crippen molar-refractivity contribution in [3.05, 3.63) is 11.8 Å². The molecular formula is C13H24N2O2. The average Bonchev–Trinajstić information content (AvgIpc) is 2.37. The molecule has 1 N–H and O–H groups in total. The third-order valence-electron chi connectivity index (χ3n) is 3.36. The number of likely N-dealkylation sites (N-methyl/N-ethyl adjacent to an activating group) is 2. The molecule has 98 valence electrons. The molecule has 2 rings (SSSR count). The van der Waals surface area contributed by atoms with Crippen molar-refractivity contribution in [2.24, 2.45) is 0 Å². The molecule has 1 fully saturated rings. The van der Waals surface area contributed by atoms with Gasteiger partial charge in [0.05, 0.1) is 25.4 Å². The van der Waals surface area contributed by atoms with Crippen LogP contribution in [0.25, 0.3) is 0 Å². The maximum atomic E-state index is 5.89. The quantitative estimate of drug-likeness (QED) is 0.794. The summed E-state index contributed by atoms with van der Waals surface area (Å²) in [5, 5.41) is 3.50. The lowest BCUT2D eigenvalue weighted by Crippen LogP contribution is -2.52. The molecule has 0 saturated carbocycles. The third-order valence-corrected chi connectivity index (χ3v) is 3.36. The Kier molecular flexibility index (Phi) is 4.83. The highest BCUT2D eigenvalue weighted by molar-refractivity contribution is 5.09. The highest BCUT2D eigenvalue weighted by atomic mass is 16.5. The third kappa shape index (κ3) is 3.44. The lowest BCUT2D eigenvalue weighted by atomic mass is 10.0. The standard InChI is InChI=1S/C13H24N2O2/c1-3-14-13(11-6-4-5-8-16-11)12-10-15(2)7-9-17-12/h6,12-14H,3-5,7-10H2,1-2H3. The molecule has 0 aliphatic carbocycles. The van der Waals surface area contributed by atoms with Crippen LogP contribution in [0.3, 0.4) is 0 Å². The van der Waals surface area contributed by atoms with E-state index in [2.05, 4.69) is 30.3 Å². The molecule has 0 aromatic heterocycles. The van der Waals surface area contributed by atoms with Crippen LogP contribution in [0.1, 0.15) is 19.8 Å². The minimum atomic E-state index is 0.207. The first-order valence-corrected chi connectivity index (χ1v) is 6.67. The van der Waals surface area contributed by atoms with Gasteiger partial charge < -0.3 is 19.7 Å². The van der Waals surface area contributed by atoms with Crippen LogP contribution in [-0.2, 0) is 9.47 Å². The van der Waals surface area contributed by atoms with Gasteiger partial charge in [0.2, 0.25) is 0 Å². The van der Waals surface area contributed by atoms with Gasteiger partial charge in [-0.15, -0.1) is 0 Å². The first-order valence-electron chi connectivity index (χ1n) is 6.67. The van der Waals surface area contributed by atoms with E-state index in [-0.39, 0.29) is 12.1 Å². The highest BCUT2D eigenvalue weighted by Gasteiger charge is 2.30. The second-order valence-electron chi connectivity index (χ2n) is 4.80. The Morgan fingerprint density at radius 2 is 2.41 bits per heavy atom. The van der Waals surface area contributed by atoms with E-state index < -0.39 is 0 Å². The maximum absolute atomic E-state index is 5.89. The molecule has 2 aliphatic heterocycles. The van der Waals surface area contributed by atoms with Crippen molar-refractivity contribution in [1.29, 1.82) is 0 Å². The van der Waals surface area contributed by atoms with Crippen LogP contribution >= 0.6 is 0 Å². The summed E-state index contributed by atoms with van der Waals surface area (Å²) in [5.41, 5.74) is 0. The van der Waals surface area contributed by atoms with Gasteiger partial charge in [-0.3, -0.25) is 0 Å². The lowest BCUT2D eigenvalue weighted by molar-refractivity contribution is -0.0421. The van der Waals surface area contributed by atoms with Crippen molar-refractivity contribution < 1.29 is 9.47 Å². The summed E-state index contributed by atoms with van der Waals surface area (Å²) in [4.78, 5) is 2.32. The molecule has 2 heterocycles. The largest absolute Gasteiger partial charge is 0.496 e. The van der Waals surface area contributed by atoms with Gasteiger partial charge in [0.15, 0.2) is 0 Å². The van der Waals surface area contributed by atoms with Crippen LogP contribution in [-0.4, -0.2) is 56.9 Å². The van der Waals surface area contributed by atoms with Gasteiger partial charge >= 0.3 is 0 Å². The zero-order valence-electron chi connectivity index (χ0n) is 10.9. The van der Waals surface area contributed by atoms with Crippen LogP contribution in [0, 0.1) is 0 Å². The summed E-state index contributed by atoms with van der Waals surface area (Å²) >= 11 is 0. The maximum Gasteiger partial charge on any atom is 0.112 e. The Balaban J connectivity index is 2.02. The van der Waals surface area contributed by atoms with Crippen LogP contribution in [0.4, 0.5) is 0 Å². The van der Waals surface area contributed by atoms with Gasteiger partial charge in [0, 0.05) is 13.1 Å². The van der Waals surface area contributed by atoms with Crippen molar-refractivity contribution in [1.82, 2.24) is 10.2 Å². The van der Waals surface area contributed by atoms with Crippen molar-refractivity contribution >= 4 is 0 Å². The molecule has 0 aromatic carbocycles. The molecule has 2 aliphatic rings. The molecular weight excluding hydrogens is 216 g/mol. The smallest absolute Gasteiger partial charge is 0.112 e. The van der Waals surface area contributed by atoms with Gasteiger partial charge in [-0.25, -0.2) is 0 Å². The van der Waals surface area contributed by atoms with Gasteiger partial charge in [0.25, 0.3) is 0 Å². The molecule has 0 amide bonds. The van der Waals surface area contributed by atoms with E-state index in [0.29, 0.717) is 0 Å². The Morgan fingerprint density at radius 1 is 1.53 bits per heavy atom. The summed E-state index contributed by atoms with van der Waals surface area (Å²) in [5.74, 6) is 1.08. The second kappa shape index (κ2) is 6.38. The average molecular weight is 240 g/mol. The number of nitrogens with one attached hydrogen (secondary N) is 1. The van der Waals surface area contributed by atoms with E-state index in [0.717, 1.165) is 51.4 Å². The molecule has 4 heteroatoms. The van der Waals surface area contributed by atoms with Gasteiger partial charge in [-0.1, -0.05) is 6.92 Å². The minimum absolute atomic E-state index is 0.207. The van der Waals surface area contributed by atoms with Crippen LogP contribution in [0.15, 0.2) is 11.8 Å². The van der Waals surface area contributed by atoms with E-state index in [4.69, 9.17) is 9.47 Å². The number of rotatable bonds is 4. The fourth-order valence-electron chi connectivity index (χ4n) is 2.44. The number of hydrogen-bond donors (Lipinski definition) is 1. The van der Waals surface area contributed by atoms with Gasteiger partial charge in [-0.05, 0) is 32.5 Å². The van der Waals surface area contributed by atoms with Crippen LogP contribution < -0.4 is 5.32 Å². The van der Waals surface area contributed by atoms with E-state index in [9.17, 15) is 0 Å². The monoisotopic (exact) mass is 240 g/mol. The Bertz CT molecular complexity index is 268. The lowest BCUT2D eigenvalue weighted by Gasteiger charge is -2.37. The SMILES string of the molecule is CCNC(C1=CCCCO1)C1CN(C)CCO1. The zero-order valence-corrected chi connectivity index (χ0v) is 10.9. The fourth-order valence-corrected chi connectivity index (χ4v) is 2.44. The van der Waals surface area contributed by atoms with Gasteiger partial charge in [0.1, 0.15) is 5.76 Å². The van der Waals surface area contributed by atoms with Crippen molar-refractivity contribution in [2.75, 3.05) is 39.9 Å². The predicted octanol–water partition coefficient (Wildman–Crippen LogP) is 0.989. The number of allylic oxidation sites excluding steroid dienone is 1. The molecule has 0 bridgehead atoms. The van der Waals surface area contributed by atoms with Crippen molar-refractivity contribution in [3.63, 3.8) is 0 Å². The van der Waals surface area contributed by atoms with E-state index >= 15 is 0 Å². The summed E-state index contributed by atoms with van der Waals surface area (Å²) in [6.45, 7) is 6.72. The first-order chi connectivity index (χ1) is 8.31. The minimum Gasteiger partial charge on any atom is -0.496 e. The van der Waals surface area contributed by atoms with E-state index in [1.54, 1.807) is 0 Å². The molecule has 2 atom stereocenters. The molecule has 1 saturated heterocycles. The second-order valence-corrected chi connectivity index (χ2v) is 4.80. The number of ether oxygens (including phenoxy) is 2. The van der Waals surface area contributed by atoms with Crippen molar-refractivity contribution in [2.45, 2.75) is 31.9 Å². The topological polar surface area (TPSA) is 33.7 Å². The molecule has 0 radical (unpaired) electrons. The molecule has 2 unspecified atom stereocenters. The van der Waals surface area contributed by atoms with Crippen LogP contribution in [0.5, 0.6) is 0 Å². The van der Waals surface area contributed by atoms with Crippen molar-refractivity contribution in [3.8, 4) is 0 Å². The molecule has 0 aromatic rings. The highest BCUT2D eigenvalue weighted by Crippen LogP contribution is 2.19. The Hall–Kier alpha value is -0.580. The first kappa shape index (κ1) is 12.9. The fraction of sp³-hybridized carbons (Fsp3) is 0.846. The summed E-state index contributed by atoms with van der Waals surface area (Å²) < 4.78 is 11.7. The summed E-state index contributed by atoms with van der Waals surface area (Å²) in [6.07, 6.45) is 4.68. The Labute approximate surface area is 104 Å². The summed E-state index contributed by atoms with van der Waals surface area (Å²) in [6, 6.07) is 0.211. The van der Waals surface area contributed by atoms with Crippen LogP contribution in [0.2, 0.25) is 0 Å². The molecule has 4 nitrogen and oxygen atoms in total. The van der Waals surface area contributed by atoms with E-state index in [1.165, 1.54) is 0 Å². The number of nitrogens with zero attached hydrogens (tertiary/aromatic N) is 1. The summed E-state index contributed by atoms with van der Waals surface area (Å²) in [7, 11) is 2.15. The number of hydrogen-bond acceptors (Lipinski definition) is 4. The Morgan fingerprint density at radius 3 is 3.06 bits per heavy atom. The van der Waals surface area contributed by atoms with E-state index in [1.807, 2.05) is 0 Å². The van der Waals surface area contributed by atoms with Gasteiger partial charge in [-0.2, -0.15) is 0 Å². The molecule has 0 spiro atoms.